The molecule has 23 heavy (non-hydrogen) atoms. The van der Waals surface area contributed by atoms with Crippen LogP contribution in [0.1, 0.15) is 24.7 Å². The van der Waals surface area contributed by atoms with E-state index >= 15 is 0 Å². The molecule has 0 aliphatic carbocycles. The van der Waals surface area contributed by atoms with E-state index in [-0.39, 0.29) is 19.8 Å². The summed E-state index contributed by atoms with van der Waals surface area (Å²) in [6.07, 6.45) is 2.78. The van der Waals surface area contributed by atoms with Crippen LogP contribution in [0.2, 0.25) is 0 Å². The lowest BCUT2D eigenvalue weighted by molar-refractivity contribution is -0.116. The Morgan fingerprint density at radius 1 is 1.43 bits per heavy atom. The number of carbonyl (C=O) groups excluding carboxylic acids is 1. The van der Waals surface area contributed by atoms with Gasteiger partial charge in [-0.05, 0) is 13.8 Å². The van der Waals surface area contributed by atoms with Crippen LogP contribution in [-0.2, 0) is 11.3 Å². The fourth-order valence-electron chi connectivity index (χ4n) is 1.75. The summed E-state index contributed by atoms with van der Waals surface area (Å²) in [5, 5.41) is 18.1. The average molecular weight is 358 g/mol. The molecule has 9 heteroatoms. The zero-order valence-corrected chi connectivity index (χ0v) is 14.9. The number of aromatic nitrogens is 2. The molecular weight excluding hydrogens is 336 g/mol. The zero-order valence-electron chi connectivity index (χ0n) is 13.2. The van der Waals surface area contributed by atoms with E-state index in [0.717, 1.165) is 17.0 Å². The molecule has 0 fully saturated rings. The van der Waals surface area contributed by atoms with Gasteiger partial charge in [-0.1, -0.05) is 21.6 Å². The van der Waals surface area contributed by atoms with Gasteiger partial charge >= 0.3 is 0 Å². The first-order chi connectivity index (χ1) is 11.0. The van der Waals surface area contributed by atoms with Crippen molar-refractivity contribution in [1.29, 1.82) is 0 Å². The number of hydrogen-bond acceptors (Lipinski definition) is 8. The molecule has 0 saturated heterocycles. The number of aliphatic hydroxyl groups is 2. The largest absolute Gasteiger partial charge is 0.396 e. The number of carbonyl (C=O) groups is 1. The number of nitrogen functional groups attached to an aromatic ring is 1. The second-order valence-corrected chi connectivity index (χ2v) is 7.18. The van der Waals surface area contributed by atoms with Gasteiger partial charge in [0.25, 0.3) is 0 Å². The molecule has 7 nitrogen and oxygen atoms in total. The van der Waals surface area contributed by atoms with E-state index in [1.165, 1.54) is 26.5 Å². The third-order valence-corrected chi connectivity index (χ3v) is 5.62. The minimum Gasteiger partial charge on any atom is -0.396 e. The van der Waals surface area contributed by atoms with Crippen LogP contribution < -0.4 is 5.73 Å². The molecule has 1 rings (SSSR count). The number of aliphatic hydroxyl groups excluding tert-OH is 2. The lowest BCUT2D eigenvalue weighted by atomic mass is 10.2. The van der Waals surface area contributed by atoms with Gasteiger partial charge in [0.15, 0.2) is 0 Å². The molecule has 0 bridgehead atoms. The summed E-state index contributed by atoms with van der Waals surface area (Å²) >= 11 is 0. The molecule has 1 amide bonds. The summed E-state index contributed by atoms with van der Waals surface area (Å²) in [6, 6.07) is 0. The van der Waals surface area contributed by atoms with Crippen LogP contribution in [0.4, 0.5) is 5.82 Å². The zero-order chi connectivity index (χ0) is 17.2. The van der Waals surface area contributed by atoms with Crippen LogP contribution in [-0.4, -0.2) is 50.5 Å². The van der Waals surface area contributed by atoms with Gasteiger partial charge in [0.2, 0.25) is 6.41 Å². The maximum Gasteiger partial charge on any atom is 0.214 e. The number of nitrogens with two attached hydrogens (primary N) is 1. The first-order valence-corrected chi connectivity index (χ1v) is 9.36. The van der Waals surface area contributed by atoms with Crippen LogP contribution in [0.5, 0.6) is 0 Å². The quantitative estimate of drug-likeness (QED) is 0.326. The molecule has 0 saturated carbocycles. The minimum absolute atomic E-state index is 0.0121. The van der Waals surface area contributed by atoms with Crippen LogP contribution >= 0.6 is 21.6 Å². The Bertz CT molecular complexity index is 555. The monoisotopic (exact) mass is 358 g/mol. The molecule has 0 spiro atoms. The molecule has 0 aliphatic rings. The highest BCUT2D eigenvalue weighted by Gasteiger charge is 2.14. The van der Waals surface area contributed by atoms with Gasteiger partial charge in [-0.3, -0.25) is 4.79 Å². The Kier molecular flexibility index (Phi) is 9.00. The maximum atomic E-state index is 11.5. The predicted octanol–water partition coefficient (Wildman–Crippen LogP) is 1.31. The molecule has 0 aliphatic heterocycles. The van der Waals surface area contributed by atoms with Crippen molar-refractivity contribution < 1.29 is 15.0 Å². The lowest BCUT2D eigenvalue weighted by Crippen LogP contribution is -2.21. The van der Waals surface area contributed by atoms with E-state index in [9.17, 15) is 9.90 Å². The Hall–Kier alpha value is -1.29. The Balaban J connectivity index is 2.94. The van der Waals surface area contributed by atoms with Gasteiger partial charge < -0.3 is 20.8 Å². The van der Waals surface area contributed by atoms with E-state index in [0.29, 0.717) is 29.4 Å². The molecule has 128 valence electrons. The van der Waals surface area contributed by atoms with E-state index in [1.54, 1.807) is 13.1 Å². The fraction of sp³-hybridized carbons (Fsp3) is 0.500. The summed E-state index contributed by atoms with van der Waals surface area (Å²) in [4.78, 5) is 22.0. The molecular formula is C14H22N4O3S2. The standard InChI is InChI=1S/C14H22N4O3S2/c1-10(13(3-4-19)23-22-6-5-20)18(9-21)8-12-7-16-11(2)17-14(12)15/h7,9,19-20H,3-6,8H2,1-2H3,(H2,15,16,17)/b13-10+. The highest BCUT2D eigenvalue weighted by Crippen LogP contribution is 2.35. The molecule has 0 radical (unpaired) electrons. The molecule has 0 unspecified atom stereocenters. The molecule has 1 heterocycles. The summed E-state index contributed by atoms with van der Waals surface area (Å²) in [5.41, 5.74) is 7.28. The van der Waals surface area contributed by atoms with E-state index in [4.69, 9.17) is 10.8 Å². The number of aryl methyl sites for hydroxylation is 1. The first-order valence-electron chi connectivity index (χ1n) is 7.04. The summed E-state index contributed by atoms with van der Waals surface area (Å²) in [6.45, 7) is 3.90. The molecule has 0 aromatic carbocycles. The third kappa shape index (κ3) is 6.38. The Labute approximate surface area is 143 Å². The molecule has 4 N–H and O–H groups in total. The fourth-order valence-corrected chi connectivity index (χ4v) is 3.97. The van der Waals surface area contributed by atoms with E-state index in [2.05, 4.69) is 9.97 Å². The maximum absolute atomic E-state index is 11.5. The van der Waals surface area contributed by atoms with Gasteiger partial charge in [0, 0.05) is 41.1 Å². The number of anilines is 1. The second-order valence-electron chi connectivity index (χ2n) is 4.67. The van der Waals surface area contributed by atoms with Crippen molar-refractivity contribution in [2.75, 3.05) is 24.7 Å². The molecule has 1 aromatic rings. The van der Waals surface area contributed by atoms with Crippen molar-refractivity contribution >= 4 is 33.8 Å². The number of hydrogen-bond donors (Lipinski definition) is 3. The Morgan fingerprint density at radius 3 is 2.74 bits per heavy atom. The highest BCUT2D eigenvalue weighted by atomic mass is 33.1. The minimum atomic E-state index is -0.0121. The van der Waals surface area contributed by atoms with Crippen molar-refractivity contribution in [2.24, 2.45) is 0 Å². The van der Waals surface area contributed by atoms with Gasteiger partial charge in [0.1, 0.15) is 11.6 Å². The summed E-state index contributed by atoms with van der Waals surface area (Å²) in [7, 11) is 2.93. The topological polar surface area (TPSA) is 113 Å². The number of allylic oxidation sites excluding steroid dienone is 1. The van der Waals surface area contributed by atoms with Gasteiger partial charge in [-0.2, -0.15) is 0 Å². The lowest BCUT2D eigenvalue weighted by Gasteiger charge is -2.22. The molecule has 1 aromatic heterocycles. The normalized spacial score (nSPS) is 12.0. The third-order valence-electron chi connectivity index (χ3n) is 2.99. The van der Waals surface area contributed by atoms with Crippen LogP contribution in [0.3, 0.4) is 0 Å². The van der Waals surface area contributed by atoms with Crippen molar-refractivity contribution in [2.45, 2.75) is 26.8 Å². The Morgan fingerprint density at radius 2 is 2.17 bits per heavy atom. The van der Waals surface area contributed by atoms with Crippen LogP contribution in [0.25, 0.3) is 0 Å². The SMILES string of the molecule is C/C(=C(/CCO)SSCCO)N(C=O)Cc1cnc(C)nc1N. The highest BCUT2D eigenvalue weighted by molar-refractivity contribution is 8.78. The number of amides is 1. The van der Waals surface area contributed by atoms with Crippen LogP contribution in [0.15, 0.2) is 16.8 Å². The van der Waals surface area contributed by atoms with Gasteiger partial charge in [-0.15, -0.1) is 0 Å². The second kappa shape index (κ2) is 10.5. The van der Waals surface area contributed by atoms with Crippen molar-refractivity contribution in [1.82, 2.24) is 14.9 Å². The van der Waals surface area contributed by atoms with E-state index < -0.39 is 0 Å². The van der Waals surface area contributed by atoms with Crippen LogP contribution in [0, 0.1) is 6.92 Å². The molecule has 0 atom stereocenters. The van der Waals surface area contributed by atoms with Gasteiger partial charge in [-0.25, -0.2) is 9.97 Å². The van der Waals surface area contributed by atoms with Crippen molar-refractivity contribution in [3.63, 3.8) is 0 Å². The first kappa shape index (κ1) is 19.8. The smallest absolute Gasteiger partial charge is 0.214 e. The number of rotatable bonds is 10. The van der Waals surface area contributed by atoms with Crippen molar-refractivity contribution in [3.05, 3.63) is 28.2 Å². The van der Waals surface area contributed by atoms with Crippen molar-refractivity contribution in [3.8, 4) is 0 Å². The number of nitrogens with zero attached hydrogens (tertiary/aromatic N) is 3. The van der Waals surface area contributed by atoms with E-state index in [1.807, 2.05) is 6.92 Å². The average Bonchev–Trinajstić information content (AvgIpc) is 2.53. The van der Waals surface area contributed by atoms with Gasteiger partial charge in [0.05, 0.1) is 13.2 Å². The predicted molar refractivity (Wildman–Crippen MR) is 94.3 cm³/mol. The summed E-state index contributed by atoms with van der Waals surface area (Å²) in [5.74, 6) is 1.50. The summed E-state index contributed by atoms with van der Waals surface area (Å²) < 4.78 is 0.